The van der Waals surface area contributed by atoms with Gasteiger partial charge in [-0.3, -0.25) is 9.52 Å². The molecule has 0 bridgehead atoms. The summed E-state index contributed by atoms with van der Waals surface area (Å²) in [5.74, 6) is -3.02. The summed E-state index contributed by atoms with van der Waals surface area (Å²) in [6, 6.07) is 1.80. The van der Waals surface area contributed by atoms with Gasteiger partial charge in [0.15, 0.2) is 5.82 Å². The molecule has 1 aromatic rings. The molecule has 2 heterocycles. The van der Waals surface area contributed by atoms with Gasteiger partial charge in [-0.25, -0.2) is 22.2 Å². The molecule has 0 aromatic heterocycles. The molecular weight excluding hydrogens is 488 g/mol. The minimum Gasteiger partial charge on any atom is -0.372 e. The highest BCUT2D eigenvalue weighted by molar-refractivity contribution is 7.92. The molecule has 0 aliphatic carbocycles. The number of nitrogens with one attached hydrogen (secondary N) is 2. The van der Waals surface area contributed by atoms with E-state index in [1.54, 1.807) is 25.1 Å². The molecule has 2 aliphatic rings. The zero-order valence-electron chi connectivity index (χ0n) is 20.9. The molecule has 36 heavy (non-hydrogen) atoms. The van der Waals surface area contributed by atoms with Crippen molar-refractivity contribution in [2.24, 2.45) is 4.99 Å². The van der Waals surface area contributed by atoms with Gasteiger partial charge in [-0.05, 0) is 37.8 Å². The Morgan fingerprint density at radius 3 is 2.53 bits per heavy atom. The van der Waals surface area contributed by atoms with Crippen molar-refractivity contribution in [2.45, 2.75) is 46.0 Å². The van der Waals surface area contributed by atoms with E-state index in [1.807, 2.05) is 6.08 Å². The first kappa shape index (κ1) is 27.4. The maximum Gasteiger partial charge on any atom is 0.261 e. The van der Waals surface area contributed by atoms with E-state index in [0.717, 1.165) is 56.6 Å². The van der Waals surface area contributed by atoms with Gasteiger partial charge in [0, 0.05) is 38.1 Å². The summed E-state index contributed by atoms with van der Waals surface area (Å²) in [7, 11) is -2.06. The number of benzene rings is 1. The van der Waals surface area contributed by atoms with E-state index in [-0.39, 0.29) is 11.4 Å². The number of hydrogen-bond acceptors (Lipinski definition) is 6. The van der Waals surface area contributed by atoms with Gasteiger partial charge in [0.05, 0.1) is 23.4 Å². The molecule has 1 saturated heterocycles. The lowest BCUT2D eigenvalue weighted by Gasteiger charge is -2.24. The fourth-order valence-corrected chi connectivity index (χ4v) is 5.07. The SMILES string of the molecule is CCCC=C(C=C1N=CC(NC(=O)c2c(F)ccc(NS(=O)(=O)CCC)c2F)=CN1C)N1CCCC1. The number of nitrogens with zero attached hydrogens (tertiary/aromatic N) is 3. The molecule has 8 nitrogen and oxygen atoms in total. The second-order valence-corrected chi connectivity index (χ2v) is 10.6. The largest absolute Gasteiger partial charge is 0.372 e. The molecule has 0 radical (unpaired) electrons. The Kier molecular flexibility index (Phi) is 9.25. The van der Waals surface area contributed by atoms with Crippen molar-refractivity contribution in [1.82, 2.24) is 15.1 Å². The Balaban J connectivity index is 1.77. The standard InChI is InChI=1S/C25H33F2N5O3S/c1-4-6-9-19(32-12-7-8-13-32)15-22-28-16-18(17-31(22)3)29-25(33)23-20(26)10-11-21(24(23)27)30-36(34,35)14-5-2/h9-11,15-17,30H,4-8,12-14H2,1-3H3,(H,29,33). The Labute approximate surface area is 211 Å². The number of allylic oxidation sites excluding steroid dienone is 3. The lowest BCUT2D eigenvalue weighted by Crippen LogP contribution is -2.30. The van der Waals surface area contributed by atoms with Crippen LogP contribution in [0.2, 0.25) is 0 Å². The Bertz CT molecular complexity index is 1200. The average Bonchev–Trinajstić information content (AvgIpc) is 3.35. The highest BCUT2D eigenvalue weighted by atomic mass is 32.2. The Morgan fingerprint density at radius 1 is 1.17 bits per heavy atom. The minimum atomic E-state index is -3.82. The molecule has 0 saturated carbocycles. The summed E-state index contributed by atoms with van der Waals surface area (Å²) in [5.41, 5.74) is -0.0443. The zero-order valence-corrected chi connectivity index (χ0v) is 21.7. The van der Waals surface area contributed by atoms with E-state index < -0.39 is 38.8 Å². The first-order chi connectivity index (χ1) is 17.1. The van der Waals surface area contributed by atoms with Gasteiger partial charge >= 0.3 is 0 Å². The van der Waals surface area contributed by atoms with Gasteiger partial charge in [-0.1, -0.05) is 26.3 Å². The van der Waals surface area contributed by atoms with Gasteiger partial charge in [0.1, 0.15) is 17.2 Å². The van der Waals surface area contributed by atoms with Crippen LogP contribution in [0.5, 0.6) is 0 Å². The highest BCUT2D eigenvalue weighted by Gasteiger charge is 2.24. The lowest BCUT2D eigenvalue weighted by molar-refractivity contribution is 0.0959. The third-order valence-corrected chi connectivity index (χ3v) is 7.21. The smallest absolute Gasteiger partial charge is 0.261 e. The van der Waals surface area contributed by atoms with Crippen LogP contribution in [0.25, 0.3) is 0 Å². The monoisotopic (exact) mass is 521 g/mol. The maximum atomic E-state index is 14.9. The van der Waals surface area contributed by atoms with E-state index in [0.29, 0.717) is 12.2 Å². The van der Waals surface area contributed by atoms with Crippen LogP contribution in [0.4, 0.5) is 14.5 Å². The van der Waals surface area contributed by atoms with E-state index in [4.69, 9.17) is 0 Å². The second-order valence-electron chi connectivity index (χ2n) is 8.73. The Hall–Kier alpha value is -3.21. The number of anilines is 1. The summed E-state index contributed by atoms with van der Waals surface area (Å²) in [5, 5.41) is 2.45. The topological polar surface area (TPSA) is 94.1 Å². The molecule has 1 aromatic carbocycles. The van der Waals surface area contributed by atoms with Crippen molar-refractivity contribution in [1.29, 1.82) is 0 Å². The molecule has 2 aliphatic heterocycles. The van der Waals surface area contributed by atoms with Crippen LogP contribution >= 0.6 is 0 Å². The number of aliphatic imine (C=N–C) groups is 1. The second kappa shape index (κ2) is 12.2. The summed E-state index contributed by atoms with van der Waals surface area (Å²) in [6.45, 7) is 5.77. The van der Waals surface area contributed by atoms with Crippen molar-refractivity contribution in [3.63, 3.8) is 0 Å². The van der Waals surface area contributed by atoms with Crippen LogP contribution in [0.15, 0.2) is 52.7 Å². The fourth-order valence-electron chi connectivity index (χ4n) is 3.94. The number of amides is 1. The quantitative estimate of drug-likeness (QED) is 0.478. The minimum absolute atomic E-state index is 0.232. The van der Waals surface area contributed by atoms with E-state index in [1.165, 1.54) is 6.21 Å². The third kappa shape index (κ3) is 6.93. The summed E-state index contributed by atoms with van der Waals surface area (Å²) in [6.07, 6.45) is 11.8. The number of carbonyl (C=O) groups is 1. The van der Waals surface area contributed by atoms with Crippen molar-refractivity contribution >= 4 is 27.8 Å². The fraction of sp³-hybridized carbons (Fsp3) is 0.440. The number of rotatable bonds is 10. The first-order valence-electron chi connectivity index (χ1n) is 12.1. The van der Waals surface area contributed by atoms with Crippen molar-refractivity contribution in [2.75, 3.05) is 30.6 Å². The summed E-state index contributed by atoms with van der Waals surface area (Å²) >= 11 is 0. The highest BCUT2D eigenvalue weighted by Crippen LogP contribution is 2.24. The molecule has 0 unspecified atom stereocenters. The molecule has 3 rings (SSSR count). The van der Waals surface area contributed by atoms with Crippen LogP contribution in [0, 0.1) is 11.6 Å². The molecule has 2 N–H and O–H groups in total. The zero-order chi connectivity index (χ0) is 26.3. The molecule has 1 fully saturated rings. The molecule has 0 spiro atoms. The van der Waals surface area contributed by atoms with Crippen molar-refractivity contribution in [3.8, 4) is 0 Å². The first-order valence-corrected chi connectivity index (χ1v) is 13.8. The van der Waals surface area contributed by atoms with Crippen LogP contribution in [-0.4, -0.2) is 56.2 Å². The van der Waals surface area contributed by atoms with Crippen LogP contribution < -0.4 is 10.0 Å². The lowest BCUT2D eigenvalue weighted by atomic mass is 10.1. The number of sulfonamides is 1. The number of hydrogen-bond donors (Lipinski definition) is 2. The van der Waals surface area contributed by atoms with Crippen molar-refractivity contribution < 1.29 is 22.0 Å². The van der Waals surface area contributed by atoms with Gasteiger partial charge < -0.3 is 15.1 Å². The van der Waals surface area contributed by atoms with Crippen LogP contribution in [0.3, 0.4) is 0 Å². The molecular formula is C25H33F2N5O3S. The summed E-state index contributed by atoms with van der Waals surface area (Å²) < 4.78 is 55.4. The predicted molar refractivity (Wildman–Crippen MR) is 138 cm³/mol. The predicted octanol–water partition coefficient (Wildman–Crippen LogP) is 4.33. The molecule has 0 atom stereocenters. The van der Waals surface area contributed by atoms with Crippen LogP contribution in [-0.2, 0) is 10.0 Å². The van der Waals surface area contributed by atoms with Crippen LogP contribution in [0.1, 0.15) is 56.3 Å². The molecule has 1 amide bonds. The van der Waals surface area contributed by atoms with Gasteiger partial charge in [0.2, 0.25) is 10.0 Å². The molecule has 11 heteroatoms. The van der Waals surface area contributed by atoms with E-state index in [9.17, 15) is 22.0 Å². The number of likely N-dealkylation sites (tertiary alicyclic amines) is 1. The van der Waals surface area contributed by atoms with E-state index in [2.05, 4.69) is 32.9 Å². The van der Waals surface area contributed by atoms with E-state index >= 15 is 0 Å². The van der Waals surface area contributed by atoms with Gasteiger partial charge in [0.25, 0.3) is 5.91 Å². The summed E-state index contributed by atoms with van der Waals surface area (Å²) in [4.78, 5) is 21.2. The van der Waals surface area contributed by atoms with Gasteiger partial charge in [-0.2, -0.15) is 0 Å². The van der Waals surface area contributed by atoms with Gasteiger partial charge in [-0.15, -0.1) is 0 Å². The van der Waals surface area contributed by atoms with Crippen molar-refractivity contribution in [3.05, 3.63) is 64.9 Å². The number of carbonyl (C=O) groups excluding carboxylic acids is 1. The third-order valence-electron chi connectivity index (χ3n) is 5.73. The normalized spacial score (nSPS) is 17.5. The average molecular weight is 522 g/mol. The maximum absolute atomic E-state index is 14.9. The number of unbranched alkanes of at least 4 members (excludes halogenated alkanes) is 1. The Morgan fingerprint density at radius 2 is 1.89 bits per heavy atom. The molecule has 196 valence electrons. The number of halogens is 2.